The van der Waals surface area contributed by atoms with Crippen molar-refractivity contribution in [1.29, 1.82) is 0 Å². The van der Waals surface area contributed by atoms with Crippen LogP contribution in [0.25, 0.3) is 0 Å². The Hall–Kier alpha value is -0.160. The summed E-state index contributed by atoms with van der Waals surface area (Å²) in [6.45, 7) is 16.1. The van der Waals surface area contributed by atoms with E-state index in [4.69, 9.17) is 0 Å². The monoisotopic (exact) mass is 297 g/mol. The largest absolute Gasteiger partial charge is 0.389 e. The van der Waals surface area contributed by atoms with E-state index in [1.165, 1.54) is 25.8 Å². The molecule has 21 heavy (non-hydrogen) atoms. The summed E-state index contributed by atoms with van der Waals surface area (Å²) in [6.07, 6.45) is 3.97. The molecule has 4 nitrogen and oxygen atoms in total. The Balaban J connectivity index is 1.72. The Kier molecular flexibility index (Phi) is 5.69. The summed E-state index contributed by atoms with van der Waals surface area (Å²) in [7, 11) is 0. The maximum atomic E-state index is 9.92. The minimum absolute atomic E-state index is 0.390. The highest BCUT2D eigenvalue weighted by Crippen LogP contribution is 2.26. The first-order valence-electron chi connectivity index (χ1n) is 8.70. The minimum atomic E-state index is -0.575. The number of rotatable bonds is 8. The summed E-state index contributed by atoms with van der Waals surface area (Å²) in [5.41, 5.74) is -0.185. The highest BCUT2D eigenvalue weighted by atomic mass is 16.3. The van der Waals surface area contributed by atoms with Crippen LogP contribution in [-0.4, -0.2) is 72.4 Å². The fourth-order valence-corrected chi connectivity index (χ4v) is 3.16. The van der Waals surface area contributed by atoms with E-state index in [0.717, 1.165) is 45.3 Å². The van der Waals surface area contributed by atoms with Crippen molar-refractivity contribution in [3.05, 3.63) is 0 Å². The number of nitrogens with one attached hydrogen (secondary N) is 1. The normalized spacial score (nSPS) is 25.0. The van der Waals surface area contributed by atoms with Crippen molar-refractivity contribution in [1.82, 2.24) is 15.1 Å². The standard InChI is InChI=1S/C17H35N3O/c1-5-17(4,12-18-15-6-7-15)14-20-10-8-19(9-11-20)13-16(2,3)21/h15,18,21H,5-14H2,1-4H3. The van der Waals surface area contributed by atoms with E-state index in [1.54, 1.807) is 0 Å². The highest BCUT2D eigenvalue weighted by Gasteiger charge is 2.30. The third kappa shape index (κ3) is 6.23. The van der Waals surface area contributed by atoms with Crippen molar-refractivity contribution in [3.8, 4) is 0 Å². The topological polar surface area (TPSA) is 38.7 Å². The third-order valence-corrected chi connectivity index (χ3v) is 4.93. The predicted molar refractivity (Wildman–Crippen MR) is 88.6 cm³/mol. The van der Waals surface area contributed by atoms with Crippen molar-refractivity contribution < 1.29 is 5.11 Å². The molecule has 2 aliphatic rings. The molecule has 1 aliphatic carbocycles. The van der Waals surface area contributed by atoms with Crippen LogP contribution in [0.1, 0.15) is 47.0 Å². The second-order valence-electron chi connectivity index (χ2n) is 8.18. The SMILES string of the molecule is CCC(C)(CNC1CC1)CN1CCN(CC(C)(C)O)CC1. The second kappa shape index (κ2) is 6.95. The van der Waals surface area contributed by atoms with Crippen molar-refractivity contribution in [2.45, 2.75) is 58.6 Å². The Morgan fingerprint density at radius 1 is 1.00 bits per heavy atom. The number of hydrogen-bond donors (Lipinski definition) is 2. The first-order valence-corrected chi connectivity index (χ1v) is 8.70. The van der Waals surface area contributed by atoms with Gasteiger partial charge in [0.05, 0.1) is 5.60 Å². The Morgan fingerprint density at radius 3 is 1.95 bits per heavy atom. The molecule has 1 saturated carbocycles. The molecule has 2 rings (SSSR count). The molecule has 0 spiro atoms. The summed E-state index contributed by atoms with van der Waals surface area (Å²) >= 11 is 0. The van der Waals surface area contributed by atoms with Gasteiger partial charge < -0.3 is 15.3 Å². The van der Waals surface area contributed by atoms with E-state index in [1.807, 2.05) is 13.8 Å². The smallest absolute Gasteiger partial charge is 0.0718 e. The minimum Gasteiger partial charge on any atom is -0.389 e. The number of nitrogens with zero attached hydrogens (tertiary/aromatic N) is 2. The van der Waals surface area contributed by atoms with Crippen molar-refractivity contribution in [3.63, 3.8) is 0 Å². The molecular formula is C17H35N3O. The zero-order valence-corrected chi connectivity index (χ0v) is 14.5. The van der Waals surface area contributed by atoms with Crippen molar-refractivity contribution in [2.24, 2.45) is 5.41 Å². The van der Waals surface area contributed by atoms with Gasteiger partial charge in [-0.3, -0.25) is 4.90 Å². The molecule has 0 aromatic carbocycles. The van der Waals surface area contributed by atoms with Crippen molar-refractivity contribution in [2.75, 3.05) is 45.8 Å². The first-order chi connectivity index (χ1) is 9.80. The number of aliphatic hydroxyl groups is 1. The van der Waals surface area contributed by atoms with Gasteiger partial charge in [0.25, 0.3) is 0 Å². The molecule has 0 aromatic heterocycles. The average Bonchev–Trinajstić information content (AvgIpc) is 3.21. The summed E-state index contributed by atoms with van der Waals surface area (Å²) in [5.74, 6) is 0. The molecular weight excluding hydrogens is 262 g/mol. The van der Waals surface area contributed by atoms with Gasteiger partial charge in [-0.05, 0) is 38.5 Å². The zero-order chi connectivity index (χ0) is 15.5. The summed E-state index contributed by atoms with van der Waals surface area (Å²) in [4.78, 5) is 5.00. The molecule has 0 amide bonds. The summed E-state index contributed by atoms with van der Waals surface area (Å²) in [5, 5.41) is 13.6. The molecule has 1 atom stereocenters. The molecule has 0 radical (unpaired) electrons. The zero-order valence-electron chi connectivity index (χ0n) is 14.5. The van der Waals surface area contributed by atoms with Gasteiger partial charge in [0, 0.05) is 51.9 Å². The molecule has 1 heterocycles. The lowest BCUT2D eigenvalue weighted by Crippen LogP contribution is -2.53. The van der Waals surface area contributed by atoms with Gasteiger partial charge in [-0.15, -0.1) is 0 Å². The van der Waals surface area contributed by atoms with Crippen LogP contribution < -0.4 is 5.32 Å². The molecule has 2 fully saturated rings. The van der Waals surface area contributed by atoms with Crippen LogP contribution in [0.5, 0.6) is 0 Å². The van der Waals surface area contributed by atoms with E-state index < -0.39 is 5.60 Å². The van der Waals surface area contributed by atoms with Crippen LogP contribution >= 0.6 is 0 Å². The van der Waals surface area contributed by atoms with Gasteiger partial charge in [0.15, 0.2) is 0 Å². The molecule has 1 aliphatic heterocycles. The third-order valence-electron chi connectivity index (χ3n) is 4.93. The van der Waals surface area contributed by atoms with Gasteiger partial charge >= 0.3 is 0 Å². The van der Waals surface area contributed by atoms with E-state index in [9.17, 15) is 5.11 Å². The Morgan fingerprint density at radius 2 is 1.52 bits per heavy atom. The number of β-amino-alcohol motifs (C(OH)–C–C–N with tert-alkyl or cyclic N) is 1. The van der Waals surface area contributed by atoms with E-state index >= 15 is 0 Å². The molecule has 4 heteroatoms. The molecule has 0 bridgehead atoms. The lowest BCUT2D eigenvalue weighted by Gasteiger charge is -2.41. The predicted octanol–water partition coefficient (Wildman–Crippen LogP) is 1.54. The second-order valence-corrected chi connectivity index (χ2v) is 8.18. The van der Waals surface area contributed by atoms with E-state index in [2.05, 4.69) is 29.0 Å². The van der Waals surface area contributed by atoms with E-state index in [0.29, 0.717) is 5.41 Å². The molecule has 124 valence electrons. The Labute approximate surface area is 130 Å². The van der Waals surface area contributed by atoms with E-state index in [-0.39, 0.29) is 0 Å². The number of piperazine rings is 1. The van der Waals surface area contributed by atoms with Crippen LogP contribution in [-0.2, 0) is 0 Å². The maximum absolute atomic E-state index is 9.92. The van der Waals surface area contributed by atoms with Crippen LogP contribution in [0.15, 0.2) is 0 Å². The fourth-order valence-electron chi connectivity index (χ4n) is 3.16. The lowest BCUT2D eigenvalue weighted by atomic mass is 9.86. The first kappa shape index (κ1) is 17.2. The lowest BCUT2D eigenvalue weighted by molar-refractivity contribution is 0.0113. The van der Waals surface area contributed by atoms with Crippen LogP contribution in [0.3, 0.4) is 0 Å². The van der Waals surface area contributed by atoms with Gasteiger partial charge in [0.1, 0.15) is 0 Å². The Bertz CT molecular complexity index is 316. The van der Waals surface area contributed by atoms with Gasteiger partial charge in [-0.1, -0.05) is 13.8 Å². The summed E-state index contributed by atoms with van der Waals surface area (Å²) < 4.78 is 0. The molecule has 0 aromatic rings. The molecule has 2 N–H and O–H groups in total. The van der Waals surface area contributed by atoms with Crippen LogP contribution in [0.4, 0.5) is 0 Å². The van der Waals surface area contributed by atoms with Gasteiger partial charge in [-0.2, -0.15) is 0 Å². The highest BCUT2D eigenvalue weighted by molar-refractivity contribution is 4.88. The maximum Gasteiger partial charge on any atom is 0.0718 e. The van der Waals surface area contributed by atoms with Crippen molar-refractivity contribution >= 4 is 0 Å². The van der Waals surface area contributed by atoms with Gasteiger partial charge in [0.2, 0.25) is 0 Å². The van der Waals surface area contributed by atoms with Crippen LogP contribution in [0, 0.1) is 5.41 Å². The average molecular weight is 297 g/mol. The fraction of sp³-hybridized carbons (Fsp3) is 1.00. The number of hydrogen-bond acceptors (Lipinski definition) is 4. The molecule has 1 saturated heterocycles. The molecule has 1 unspecified atom stereocenters. The van der Waals surface area contributed by atoms with Crippen LogP contribution in [0.2, 0.25) is 0 Å². The quantitative estimate of drug-likeness (QED) is 0.713. The summed E-state index contributed by atoms with van der Waals surface area (Å²) in [6, 6.07) is 0.805. The van der Waals surface area contributed by atoms with Gasteiger partial charge in [-0.25, -0.2) is 0 Å².